The van der Waals surface area contributed by atoms with E-state index in [0.29, 0.717) is 6.42 Å². The number of benzene rings is 3. The highest BCUT2D eigenvalue weighted by atomic mass is 32.2. The number of carbonyl (C=O) groups excluding carboxylic acids is 4. The molecule has 5 N–H and O–H groups in total. The van der Waals surface area contributed by atoms with Crippen LogP contribution in [0.5, 0.6) is 0 Å². The molecule has 4 amide bonds. The van der Waals surface area contributed by atoms with Gasteiger partial charge in [0.05, 0.1) is 24.0 Å². The smallest absolute Gasteiger partial charge is 0.251 e. The molecule has 0 aliphatic carbocycles. The SMILES string of the molecule is C=CCNC(=O)[C@@H](NC(=O)[C@H](C)NC[C@H](Cc1ccccc1)NC(=O)c1cc(C(=O)N[C@H](C)c2ccccc2)cc(N(C)S(C)(=O)=O)c1)C(C)C. The van der Waals surface area contributed by atoms with Crippen molar-refractivity contribution in [3.63, 3.8) is 0 Å². The van der Waals surface area contributed by atoms with E-state index in [1.807, 2.05) is 81.4 Å². The van der Waals surface area contributed by atoms with Crippen LogP contribution in [-0.4, -0.2) is 76.6 Å². The maximum absolute atomic E-state index is 13.9. The van der Waals surface area contributed by atoms with Crippen LogP contribution in [-0.2, 0) is 26.0 Å². The molecule has 0 aliphatic rings. The minimum absolute atomic E-state index is 0.0784. The lowest BCUT2D eigenvalue weighted by Gasteiger charge is -2.25. The first-order chi connectivity index (χ1) is 24.1. The van der Waals surface area contributed by atoms with Crippen LogP contribution >= 0.6 is 0 Å². The van der Waals surface area contributed by atoms with Gasteiger partial charge in [-0.3, -0.25) is 23.5 Å². The number of hydrogen-bond acceptors (Lipinski definition) is 7. The summed E-state index contributed by atoms with van der Waals surface area (Å²) in [6.07, 6.45) is 3.00. The van der Waals surface area contributed by atoms with Crippen molar-refractivity contribution in [2.75, 3.05) is 30.7 Å². The van der Waals surface area contributed by atoms with Gasteiger partial charge in [0.15, 0.2) is 0 Å². The highest BCUT2D eigenvalue weighted by Crippen LogP contribution is 2.22. The molecule has 274 valence electrons. The number of amides is 4. The molecule has 13 heteroatoms. The highest BCUT2D eigenvalue weighted by molar-refractivity contribution is 7.92. The number of nitrogens with one attached hydrogen (secondary N) is 5. The van der Waals surface area contributed by atoms with Gasteiger partial charge in [-0.05, 0) is 55.5 Å². The lowest BCUT2D eigenvalue weighted by Crippen LogP contribution is -2.55. The Balaban J connectivity index is 1.85. The van der Waals surface area contributed by atoms with Crippen LogP contribution in [0.15, 0.2) is 91.5 Å². The van der Waals surface area contributed by atoms with Gasteiger partial charge in [0.2, 0.25) is 21.8 Å². The Bertz CT molecular complexity index is 1770. The molecule has 0 saturated heterocycles. The summed E-state index contributed by atoms with van der Waals surface area (Å²) >= 11 is 0. The van der Waals surface area contributed by atoms with E-state index in [2.05, 4.69) is 33.2 Å². The molecule has 3 aromatic carbocycles. The van der Waals surface area contributed by atoms with E-state index in [0.717, 1.165) is 21.7 Å². The molecule has 0 aromatic heterocycles. The third kappa shape index (κ3) is 12.4. The molecule has 0 bridgehead atoms. The Morgan fingerprint density at radius 2 is 1.37 bits per heavy atom. The first kappa shape index (κ1) is 40.4. The number of hydrogen-bond donors (Lipinski definition) is 5. The summed E-state index contributed by atoms with van der Waals surface area (Å²) in [5.41, 5.74) is 2.14. The van der Waals surface area contributed by atoms with Crippen molar-refractivity contribution < 1.29 is 27.6 Å². The minimum atomic E-state index is -3.73. The molecule has 0 heterocycles. The molecule has 3 rings (SSSR count). The normalized spacial score (nSPS) is 13.6. The molecule has 0 unspecified atom stereocenters. The predicted molar refractivity (Wildman–Crippen MR) is 201 cm³/mol. The average Bonchev–Trinajstić information content (AvgIpc) is 3.11. The molecule has 0 spiro atoms. The summed E-state index contributed by atoms with van der Waals surface area (Å²) in [7, 11) is -2.38. The Morgan fingerprint density at radius 3 is 1.92 bits per heavy atom. The van der Waals surface area contributed by atoms with Gasteiger partial charge in [0.1, 0.15) is 6.04 Å². The average molecular weight is 719 g/mol. The zero-order chi connectivity index (χ0) is 37.7. The Kier molecular flexibility index (Phi) is 14.9. The maximum atomic E-state index is 13.9. The fourth-order valence-electron chi connectivity index (χ4n) is 5.20. The van der Waals surface area contributed by atoms with Crippen LogP contribution in [0.25, 0.3) is 0 Å². The Morgan fingerprint density at radius 1 is 0.804 bits per heavy atom. The first-order valence-electron chi connectivity index (χ1n) is 16.8. The summed E-state index contributed by atoms with van der Waals surface area (Å²) in [6.45, 7) is 11.2. The zero-order valence-electron chi connectivity index (χ0n) is 30.1. The van der Waals surface area contributed by atoms with Crippen LogP contribution in [0.2, 0.25) is 0 Å². The third-order valence-electron chi connectivity index (χ3n) is 8.34. The quantitative estimate of drug-likeness (QED) is 0.126. The second kappa shape index (κ2) is 18.8. The molecule has 4 atom stereocenters. The summed E-state index contributed by atoms with van der Waals surface area (Å²) in [4.78, 5) is 53.1. The molecule has 12 nitrogen and oxygen atoms in total. The summed E-state index contributed by atoms with van der Waals surface area (Å²) in [5, 5.41) is 14.6. The number of anilines is 1. The first-order valence-corrected chi connectivity index (χ1v) is 18.7. The van der Waals surface area contributed by atoms with Gasteiger partial charge >= 0.3 is 0 Å². The van der Waals surface area contributed by atoms with Crippen molar-refractivity contribution in [2.45, 2.75) is 58.3 Å². The molecule has 0 radical (unpaired) electrons. The van der Waals surface area contributed by atoms with Gasteiger partial charge in [-0.1, -0.05) is 80.6 Å². The number of sulfonamides is 1. The van der Waals surface area contributed by atoms with Crippen LogP contribution < -0.4 is 30.9 Å². The van der Waals surface area contributed by atoms with E-state index in [-0.39, 0.29) is 53.7 Å². The van der Waals surface area contributed by atoms with Crippen LogP contribution in [0.1, 0.15) is 65.6 Å². The number of carbonyl (C=O) groups is 4. The largest absolute Gasteiger partial charge is 0.351 e. The van der Waals surface area contributed by atoms with Gasteiger partial charge in [-0.2, -0.15) is 0 Å². The Hall–Kier alpha value is -5.01. The second-order valence-corrected chi connectivity index (χ2v) is 14.9. The second-order valence-electron chi connectivity index (χ2n) is 12.9. The monoisotopic (exact) mass is 718 g/mol. The predicted octanol–water partition coefficient (Wildman–Crippen LogP) is 3.34. The maximum Gasteiger partial charge on any atom is 0.251 e. The summed E-state index contributed by atoms with van der Waals surface area (Å²) in [5.74, 6) is -1.89. The lowest BCUT2D eigenvalue weighted by atomic mass is 10.0. The molecule has 0 fully saturated rings. The van der Waals surface area contributed by atoms with Crippen molar-refractivity contribution in [3.05, 3.63) is 114 Å². The van der Waals surface area contributed by atoms with Crippen molar-refractivity contribution in [1.29, 1.82) is 0 Å². The third-order valence-corrected chi connectivity index (χ3v) is 9.55. The molecular formula is C38H50N6O6S. The van der Waals surface area contributed by atoms with Crippen LogP contribution in [0, 0.1) is 5.92 Å². The zero-order valence-corrected chi connectivity index (χ0v) is 30.9. The molecule has 3 aromatic rings. The topological polar surface area (TPSA) is 166 Å². The van der Waals surface area contributed by atoms with E-state index >= 15 is 0 Å². The molecule has 0 saturated carbocycles. The van der Waals surface area contributed by atoms with Crippen molar-refractivity contribution in [1.82, 2.24) is 26.6 Å². The summed E-state index contributed by atoms with van der Waals surface area (Å²) < 4.78 is 26.0. The molecule has 0 aliphatic heterocycles. The van der Waals surface area contributed by atoms with E-state index in [9.17, 15) is 27.6 Å². The van der Waals surface area contributed by atoms with Gasteiger partial charge in [-0.15, -0.1) is 6.58 Å². The van der Waals surface area contributed by atoms with Gasteiger partial charge in [0.25, 0.3) is 11.8 Å². The van der Waals surface area contributed by atoms with E-state index in [4.69, 9.17) is 0 Å². The van der Waals surface area contributed by atoms with Crippen molar-refractivity contribution in [2.24, 2.45) is 5.92 Å². The van der Waals surface area contributed by atoms with Gasteiger partial charge in [0, 0.05) is 37.3 Å². The highest BCUT2D eigenvalue weighted by Gasteiger charge is 2.27. The van der Waals surface area contributed by atoms with Crippen molar-refractivity contribution in [3.8, 4) is 0 Å². The van der Waals surface area contributed by atoms with Crippen LogP contribution in [0.3, 0.4) is 0 Å². The molecular weight excluding hydrogens is 669 g/mol. The van der Waals surface area contributed by atoms with E-state index in [1.165, 1.54) is 25.2 Å². The molecule has 51 heavy (non-hydrogen) atoms. The standard InChI is InChI=1S/C38H50N6O6S/c1-8-19-39-38(48)34(25(2)3)43-35(45)27(5)40-24-32(20-28-15-11-9-12-16-28)42-37(47)31-21-30(22-33(23-31)44(6)51(7,49)50)36(46)41-26(4)29-17-13-10-14-18-29/h8-18,21-23,25-27,32,34,40H,1,19-20,24H2,2-7H3,(H,39,48)(H,41,46)(H,42,47)(H,43,45)/t26-,27+,32+,34+/m1/s1. The van der Waals surface area contributed by atoms with Gasteiger partial charge in [-0.25, -0.2) is 8.42 Å². The summed E-state index contributed by atoms with van der Waals surface area (Å²) in [6, 6.07) is 20.8. The number of rotatable bonds is 18. The number of nitrogens with zero attached hydrogens (tertiary/aromatic N) is 1. The van der Waals surface area contributed by atoms with Gasteiger partial charge < -0.3 is 26.6 Å². The fraction of sp³-hybridized carbons (Fsp3) is 0.368. The van der Waals surface area contributed by atoms with E-state index in [1.54, 1.807) is 13.0 Å². The fourth-order valence-corrected chi connectivity index (χ4v) is 5.69. The minimum Gasteiger partial charge on any atom is -0.351 e. The Labute approximate surface area is 301 Å². The van der Waals surface area contributed by atoms with Crippen molar-refractivity contribution >= 4 is 39.3 Å². The van der Waals surface area contributed by atoms with E-state index < -0.39 is 40.0 Å². The lowest BCUT2D eigenvalue weighted by molar-refractivity contribution is -0.130. The van der Waals surface area contributed by atoms with Crippen LogP contribution in [0.4, 0.5) is 5.69 Å².